The van der Waals surface area contributed by atoms with Crippen molar-refractivity contribution in [2.24, 2.45) is 5.41 Å². The van der Waals surface area contributed by atoms with Crippen molar-refractivity contribution in [1.82, 2.24) is 0 Å². The van der Waals surface area contributed by atoms with Crippen molar-refractivity contribution in [3.63, 3.8) is 0 Å². The minimum absolute atomic E-state index is 0.00638. The quantitative estimate of drug-likeness (QED) is 0.461. The average Bonchev–Trinajstić information content (AvgIpc) is 3.18. The van der Waals surface area contributed by atoms with Crippen molar-refractivity contribution in [3.05, 3.63) is 57.6 Å². The van der Waals surface area contributed by atoms with Gasteiger partial charge in [0.1, 0.15) is 22.7 Å². The first kappa shape index (κ1) is 20.8. The molecule has 0 fully saturated rings. The molecule has 0 unspecified atom stereocenters. The van der Waals surface area contributed by atoms with Crippen molar-refractivity contribution >= 4 is 23.3 Å². The fraction of sp³-hybridized carbons (Fsp3) is 0.333. The summed E-state index contributed by atoms with van der Waals surface area (Å²) in [5.41, 5.74) is 0.337. The molecule has 2 aliphatic rings. The van der Waals surface area contributed by atoms with Crippen LogP contribution in [0.2, 0.25) is 0 Å². The van der Waals surface area contributed by atoms with Gasteiger partial charge in [-0.2, -0.15) is 0 Å². The van der Waals surface area contributed by atoms with Gasteiger partial charge in [0, 0.05) is 22.3 Å². The number of benzene rings is 2. The number of hydrogen-bond acceptors (Lipinski definition) is 7. The maximum atomic E-state index is 13.4. The molecule has 0 aromatic heterocycles. The van der Waals surface area contributed by atoms with Gasteiger partial charge in [-0.25, -0.2) is 0 Å². The Morgan fingerprint density at radius 3 is 1.71 bits per heavy atom. The fourth-order valence-corrected chi connectivity index (χ4v) is 4.68. The molecule has 0 saturated carbocycles. The first-order valence-electron chi connectivity index (χ1n) is 9.98. The van der Waals surface area contributed by atoms with Crippen LogP contribution in [0, 0.1) is 5.41 Å². The molecule has 4 rings (SSSR count). The van der Waals surface area contributed by atoms with Crippen molar-refractivity contribution in [1.29, 1.82) is 0 Å². The summed E-state index contributed by atoms with van der Waals surface area (Å²) in [6.45, 7) is 3.14. The zero-order chi connectivity index (χ0) is 22.5. The summed E-state index contributed by atoms with van der Waals surface area (Å²) in [4.78, 5) is 52.3. The third kappa shape index (κ3) is 2.72. The Hall–Kier alpha value is -3.48. The SMILES string of the molecule is CCOC(=O)C1(C(C)=O)Cc2c(c(OC)c3c(c2OC)C(=O)c2ccccc2C3=O)C1. The third-order valence-corrected chi connectivity index (χ3v) is 6.19. The van der Waals surface area contributed by atoms with Crippen LogP contribution in [0.25, 0.3) is 0 Å². The van der Waals surface area contributed by atoms with E-state index in [0.717, 1.165) is 0 Å². The monoisotopic (exact) mass is 422 g/mol. The molecule has 0 atom stereocenters. The van der Waals surface area contributed by atoms with Crippen molar-refractivity contribution < 1.29 is 33.4 Å². The van der Waals surface area contributed by atoms with Gasteiger partial charge in [0.15, 0.2) is 11.6 Å². The van der Waals surface area contributed by atoms with E-state index in [2.05, 4.69) is 0 Å². The average molecular weight is 422 g/mol. The van der Waals surface area contributed by atoms with Gasteiger partial charge < -0.3 is 14.2 Å². The molecule has 0 spiro atoms. The van der Waals surface area contributed by atoms with Crippen LogP contribution in [0.1, 0.15) is 56.8 Å². The summed E-state index contributed by atoms with van der Waals surface area (Å²) in [6.07, 6.45) is 0.0128. The smallest absolute Gasteiger partial charge is 0.320 e. The fourth-order valence-electron chi connectivity index (χ4n) is 4.68. The third-order valence-electron chi connectivity index (χ3n) is 6.19. The number of esters is 1. The molecule has 0 heterocycles. The van der Waals surface area contributed by atoms with E-state index in [1.807, 2.05) is 0 Å². The van der Waals surface area contributed by atoms with Crippen LogP contribution in [0.3, 0.4) is 0 Å². The maximum absolute atomic E-state index is 13.4. The Kier molecular flexibility index (Phi) is 4.92. The van der Waals surface area contributed by atoms with Crippen LogP contribution in [-0.4, -0.2) is 44.1 Å². The maximum Gasteiger partial charge on any atom is 0.320 e. The number of ketones is 3. The van der Waals surface area contributed by atoms with Gasteiger partial charge in [-0.15, -0.1) is 0 Å². The molecule has 160 valence electrons. The largest absolute Gasteiger partial charge is 0.496 e. The Balaban J connectivity index is 2.02. The molecule has 2 aromatic carbocycles. The van der Waals surface area contributed by atoms with Gasteiger partial charge in [0.2, 0.25) is 0 Å². The van der Waals surface area contributed by atoms with Crippen LogP contribution in [0.15, 0.2) is 24.3 Å². The highest BCUT2D eigenvalue weighted by molar-refractivity contribution is 6.30. The van der Waals surface area contributed by atoms with Crippen molar-refractivity contribution in [2.45, 2.75) is 26.7 Å². The van der Waals surface area contributed by atoms with E-state index in [0.29, 0.717) is 11.1 Å². The number of methoxy groups -OCH3 is 2. The second-order valence-corrected chi connectivity index (χ2v) is 7.69. The number of ether oxygens (including phenoxy) is 3. The van der Waals surface area contributed by atoms with Crippen LogP contribution in [0.5, 0.6) is 11.5 Å². The molecule has 0 bridgehead atoms. The van der Waals surface area contributed by atoms with E-state index in [1.54, 1.807) is 31.2 Å². The van der Waals surface area contributed by atoms with Gasteiger partial charge in [-0.3, -0.25) is 19.2 Å². The highest BCUT2D eigenvalue weighted by atomic mass is 16.5. The van der Waals surface area contributed by atoms with E-state index in [4.69, 9.17) is 14.2 Å². The number of carbonyl (C=O) groups excluding carboxylic acids is 4. The second kappa shape index (κ2) is 7.34. The number of rotatable bonds is 5. The Morgan fingerprint density at radius 1 is 0.903 bits per heavy atom. The zero-order valence-electron chi connectivity index (χ0n) is 17.8. The van der Waals surface area contributed by atoms with E-state index >= 15 is 0 Å². The van der Waals surface area contributed by atoms with Crippen LogP contribution in [0.4, 0.5) is 0 Å². The van der Waals surface area contributed by atoms with E-state index in [1.165, 1.54) is 21.1 Å². The summed E-state index contributed by atoms with van der Waals surface area (Å²) >= 11 is 0. The Labute approximate surface area is 179 Å². The molecule has 0 saturated heterocycles. The number of carbonyl (C=O) groups is 4. The van der Waals surface area contributed by atoms with Gasteiger partial charge in [0.25, 0.3) is 0 Å². The summed E-state index contributed by atoms with van der Waals surface area (Å²) < 4.78 is 16.4. The number of fused-ring (bicyclic) bond motifs is 3. The first-order chi connectivity index (χ1) is 14.8. The van der Waals surface area contributed by atoms with Gasteiger partial charge in [0.05, 0.1) is 32.0 Å². The molecular formula is C24H22O7. The van der Waals surface area contributed by atoms with E-state index in [9.17, 15) is 19.2 Å². The Bertz CT molecular complexity index is 1090. The molecule has 0 amide bonds. The lowest BCUT2D eigenvalue weighted by Crippen LogP contribution is -2.40. The lowest BCUT2D eigenvalue weighted by molar-refractivity contribution is -0.159. The standard InChI is InChI=1S/C24H22O7/c1-5-31-23(28)24(12(2)25)10-15-16(11-24)22(30-4)18-17(21(15)29-3)19(26)13-8-6-7-9-14(13)20(18)27/h6-9H,5,10-11H2,1-4H3. The summed E-state index contributed by atoms with van der Waals surface area (Å²) in [7, 11) is 2.80. The summed E-state index contributed by atoms with van der Waals surface area (Å²) in [5.74, 6) is -1.32. The Morgan fingerprint density at radius 2 is 1.35 bits per heavy atom. The first-order valence-corrected chi connectivity index (χ1v) is 9.98. The highest BCUT2D eigenvalue weighted by Gasteiger charge is 2.53. The van der Waals surface area contributed by atoms with Crippen molar-refractivity contribution in [3.8, 4) is 11.5 Å². The van der Waals surface area contributed by atoms with Crippen LogP contribution < -0.4 is 9.47 Å². The predicted octanol–water partition coefficient (Wildman–Crippen LogP) is 2.72. The summed E-state index contributed by atoms with van der Waals surface area (Å²) in [6, 6.07) is 6.56. The van der Waals surface area contributed by atoms with Gasteiger partial charge >= 0.3 is 5.97 Å². The lowest BCUT2D eigenvalue weighted by Gasteiger charge is -2.24. The van der Waals surface area contributed by atoms with Crippen LogP contribution >= 0.6 is 0 Å². The molecule has 0 aliphatic heterocycles. The minimum Gasteiger partial charge on any atom is -0.496 e. The molecule has 0 N–H and O–H groups in total. The van der Waals surface area contributed by atoms with Gasteiger partial charge in [-0.05, 0) is 26.7 Å². The topological polar surface area (TPSA) is 96.0 Å². The highest BCUT2D eigenvalue weighted by Crippen LogP contribution is 2.52. The zero-order valence-corrected chi connectivity index (χ0v) is 17.8. The summed E-state index contributed by atoms with van der Waals surface area (Å²) in [5, 5.41) is 0. The second-order valence-electron chi connectivity index (χ2n) is 7.69. The van der Waals surface area contributed by atoms with Crippen molar-refractivity contribution in [2.75, 3.05) is 20.8 Å². The molecule has 2 aromatic rings. The van der Waals surface area contributed by atoms with Gasteiger partial charge in [-0.1, -0.05) is 24.3 Å². The molecule has 2 aliphatic carbocycles. The number of hydrogen-bond donors (Lipinski definition) is 0. The normalized spacial score (nSPS) is 15.6. The van der Waals surface area contributed by atoms with E-state index < -0.39 is 11.4 Å². The van der Waals surface area contributed by atoms with E-state index in [-0.39, 0.29) is 70.6 Å². The molecular weight excluding hydrogens is 400 g/mol. The molecule has 0 radical (unpaired) electrons. The molecule has 31 heavy (non-hydrogen) atoms. The molecule has 7 heteroatoms. The molecule has 7 nitrogen and oxygen atoms in total. The number of Topliss-reactive ketones (excluding diaryl/α,β-unsaturated/α-hetero) is 1. The minimum atomic E-state index is -1.46. The lowest BCUT2D eigenvalue weighted by atomic mass is 9.81. The van der Waals surface area contributed by atoms with Crippen LogP contribution in [-0.2, 0) is 27.2 Å². The predicted molar refractivity (Wildman–Crippen MR) is 110 cm³/mol.